The first-order valence-corrected chi connectivity index (χ1v) is 9.74. The first kappa shape index (κ1) is 18.0. The predicted molar refractivity (Wildman–Crippen MR) is 109 cm³/mol. The summed E-state index contributed by atoms with van der Waals surface area (Å²) in [5, 5.41) is 0.808. The van der Waals surface area contributed by atoms with E-state index in [0.717, 1.165) is 24.3 Å². The number of hydrogen-bond acceptors (Lipinski definition) is 0. The average molecular weight is 351 g/mol. The van der Waals surface area contributed by atoms with Crippen LogP contribution in [0, 0.1) is 0 Å². The molecule has 0 nitrogen and oxygen atoms in total. The minimum atomic E-state index is 0.692. The second-order valence-electron chi connectivity index (χ2n) is 7.03. The van der Waals surface area contributed by atoms with Crippen LogP contribution in [-0.2, 0) is 12.8 Å². The third-order valence-corrected chi connectivity index (χ3v) is 5.49. The second-order valence-corrected chi connectivity index (χ2v) is 7.47. The molecule has 2 aromatic carbocycles. The summed E-state index contributed by atoms with van der Waals surface area (Å²) in [5.74, 6) is 0.692. The zero-order valence-corrected chi connectivity index (χ0v) is 15.6. The summed E-state index contributed by atoms with van der Waals surface area (Å²) < 4.78 is 0. The maximum atomic E-state index is 5.95. The van der Waals surface area contributed by atoms with E-state index in [1.165, 1.54) is 42.4 Å². The molecule has 1 atom stereocenters. The highest BCUT2D eigenvalue weighted by Gasteiger charge is 2.15. The highest BCUT2D eigenvalue weighted by molar-refractivity contribution is 6.30. The lowest BCUT2D eigenvalue weighted by Gasteiger charge is -2.22. The van der Waals surface area contributed by atoms with Crippen molar-refractivity contribution in [3.63, 3.8) is 0 Å². The van der Waals surface area contributed by atoms with Crippen LogP contribution < -0.4 is 0 Å². The van der Waals surface area contributed by atoms with Crippen molar-refractivity contribution in [2.45, 2.75) is 50.9 Å². The number of halogens is 1. The fourth-order valence-electron chi connectivity index (χ4n) is 3.60. The van der Waals surface area contributed by atoms with Crippen LogP contribution >= 0.6 is 11.6 Å². The van der Waals surface area contributed by atoms with Gasteiger partial charge in [-0.1, -0.05) is 65.7 Å². The van der Waals surface area contributed by atoms with Crippen molar-refractivity contribution in [2.75, 3.05) is 0 Å². The lowest BCUT2D eigenvalue weighted by molar-refractivity contribution is 0.586. The topological polar surface area (TPSA) is 0 Å². The van der Waals surface area contributed by atoms with Crippen LogP contribution in [0.25, 0.3) is 0 Å². The Bertz CT molecular complexity index is 707. The zero-order valence-electron chi connectivity index (χ0n) is 14.9. The number of benzene rings is 2. The number of allylic oxidation sites excluding steroid dienone is 3. The van der Waals surface area contributed by atoms with E-state index in [-0.39, 0.29) is 0 Å². The molecule has 0 aliphatic heterocycles. The first-order valence-electron chi connectivity index (χ1n) is 9.36. The quantitative estimate of drug-likeness (QED) is 0.460. The van der Waals surface area contributed by atoms with Gasteiger partial charge in [-0.2, -0.15) is 0 Å². The molecular formula is C24H27Cl. The summed E-state index contributed by atoms with van der Waals surface area (Å²) >= 11 is 5.95. The van der Waals surface area contributed by atoms with E-state index in [4.69, 9.17) is 11.6 Å². The molecule has 0 aromatic heterocycles. The van der Waals surface area contributed by atoms with Gasteiger partial charge in [-0.15, -0.1) is 6.58 Å². The van der Waals surface area contributed by atoms with Gasteiger partial charge in [0, 0.05) is 5.02 Å². The lowest BCUT2D eigenvalue weighted by atomic mass is 9.83. The molecule has 1 unspecified atom stereocenters. The maximum Gasteiger partial charge on any atom is 0.0406 e. The van der Waals surface area contributed by atoms with E-state index in [1.807, 2.05) is 18.2 Å². The van der Waals surface area contributed by atoms with E-state index in [9.17, 15) is 0 Å². The Morgan fingerprint density at radius 1 is 0.920 bits per heavy atom. The van der Waals surface area contributed by atoms with Crippen molar-refractivity contribution >= 4 is 11.6 Å². The molecule has 0 saturated carbocycles. The Hall–Kier alpha value is -1.79. The molecule has 0 saturated heterocycles. The van der Waals surface area contributed by atoms with Crippen LogP contribution in [0.4, 0.5) is 0 Å². The SMILES string of the molecule is C=CCCC1=CCC(c2ccc(CCc3ccc(Cl)cc3)cc2)CC1. The van der Waals surface area contributed by atoms with E-state index >= 15 is 0 Å². The fourth-order valence-corrected chi connectivity index (χ4v) is 3.73. The predicted octanol–water partition coefficient (Wildman–Crippen LogP) is 7.29. The average Bonchev–Trinajstić information content (AvgIpc) is 2.67. The molecule has 130 valence electrons. The van der Waals surface area contributed by atoms with Gasteiger partial charge >= 0.3 is 0 Å². The van der Waals surface area contributed by atoms with Gasteiger partial charge in [-0.3, -0.25) is 0 Å². The molecule has 25 heavy (non-hydrogen) atoms. The Balaban J connectivity index is 1.53. The molecule has 0 heterocycles. The van der Waals surface area contributed by atoms with Crippen molar-refractivity contribution in [3.05, 3.63) is 94.5 Å². The highest BCUT2D eigenvalue weighted by Crippen LogP contribution is 2.33. The Morgan fingerprint density at radius 2 is 1.56 bits per heavy atom. The van der Waals surface area contributed by atoms with Crippen LogP contribution in [0.15, 0.2) is 72.8 Å². The summed E-state index contributed by atoms with van der Waals surface area (Å²) in [4.78, 5) is 0. The van der Waals surface area contributed by atoms with Gasteiger partial charge in [0.25, 0.3) is 0 Å². The second kappa shape index (κ2) is 9.06. The van der Waals surface area contributed by atoms with E-state index in [1.54, 1.807) is 5.57 Å². The van der Waals surface area contributed by atoms with Crippen molar-refractivity contribution in [1.29, 1.82) is 0 Å². The van der Waals surface area contributed by atoms with Crippen LogP contribution in [0.2, 0.25) is 5.02 Å². The maximum absolute atomic E-state index is 5.95. The molecule has 2 aromatic rings. The van der Waals surface area contributed by atoms with Crippen molar-refractivity contribution in [1.82, 2.24) is 0 Å². The molecule has 1 aliphatic carbocycles. The molecule has 0 bridgehead atoms. The van der Waals surface area contributed by atoms with Gasteiger partial charge in [0.1, 0.15) is 0 Å². The summed E-state index contributed by atoms with van der Waals surface area (Å²) in [6.45, 7) is 3.82. The van der Waals surface area contributed by atoms with E-state index < -0.39 is 0 Å². The molecule has 0 spiro atoms. The minimum absolute atomic E-state index is 0.692. The smallest absolute Gasteiger partial charge is 0.0406 e. The fraction of sp³-hybridized carbons (Fsp3) is 0.333. The third-order valence-electron chi connectivity index (χ3n) is 5.24. The monoisotopic (exact) mass is 350 g/mol. The van der Waals surface area contributed by atoms with Crippen LogP contribution in [0.3, 0.4) is 0 Å². The van der Waals surface area contributed by atoms with Crippen LogP contribution in [-0.4, -0.2) is 0 Å². The largest absolute Gasteiger partial charge is 0.103 e. The van der Waals surface area contributed by atoms with Gasteiger partial charge in [0.05, 0.1) is 0 Å². The lowest BCUT2D eigenvalue weighted by Crippen LogP contribution is -2.04. The van der Waals surface area contributed by atoms with Crippen LogP contribution in [0.1, 0.15) is 54.7 Å². The number of aryl methyl sites for hydroxylation is 2. The molecule has 0 fully saturated rings. The standard InChI is InChI=1S/C24H27Cl/c1-2-3-4-19-7-13-22(14-8-19)23-15-9-20(10-16-23)5-6-21-11-17-24(25)18-12-21/h2,7,9-12,15-18,22H,1,3-6,8,13-14H2. The summed E-state index contributed by atoms with van der Waals surface area (Å²) in [6.07, 6.45) is 12.7. The normalized spacial score (nSPS) is 17.2. The first-order chi connectivity index (χ1) is 12.2. The number of hydrogen-bond donors (Lipinski definition) is 0. The van der Waals surface area contributed by atoms with E-state index in [2.05, 4.69) is 49.1 Å². The molecule has 1 aliphatic rings. The van der Waals surface area contributed by atoms with Gasteiger partial charge in [0.2, 0.25) is 0 Å². The summed E-state index contributed by atoms with van der Waals surface area (Å²) in [5.41, 5.74) is 5.87. The van der Waals surface area contributed by atoms with Crippen molar-refractivity contribution in [3.8, 4) is 0 Å². The molecule has 3 rings (SSSR count). The number of rotatable bonds is 7. The summed E-state index contributed by atoms with van der Waals surface area (Å²) in [7, 11) is 0. The van der Waals surface area contributed by atoms with Crippen molar-refractivity contribution < 1.29 is 0 Å². The van der Waals surface area contributed by atoms with Crippen molar-refractivity contribution in [2.24, 2.45) is 0 Å². The Kier molecular flexibility index (Phi) is 6.53. The Morgan fingerprint density at radius 3 is 2.12 bits per heavy atom. The van der Waals surface area contributed by atoms with E-state index in [0.29, 0.717) is 5.92 Å². The highest BCUT2D eigenvalue weighted by atomic mass is 35.5. The van der Waals surface area contributed by atoms with Crippen LogP contribution in [0.5, 0.6) is 0 Å². The molecule has 0 amide bonds. The Labute approximate surface area is 157 Å². The summed E-state index contributed by atoms with van der Waals surface area (Å²) in [6, 6.07) is 17.5. The molecular weight excluding hydrogens is 324 g/mol. The zero-order chi connectivity index (χ0) is 17.5. The molecule has 0 N–H and O–H groups in total. The molecule has 1 heteroatoms. The van der Waals surface area contributed by atoms with Gasteiger partial charge in [-0.25, -0.2) is 0 Å². The van der Waals surface area contributed by atoms with Gasteiger partial charge in [0.15, 0.2) is 0 Å². The van der Waals surface area contributed by atoms with Gasteiger partial charge in [-0.05, 0) is 79.7 Å². The minimum Gasteiger partial charge on any atom is -0.103 e. The third kappa shape index (κ3) is 5.34. The van der Waals surface area contributed by atoms with Gasteiger partial charge < -0.3 is 0 Å². The molecule has 0 radical (unpaired) electrons.